The van der Waals surface area contributed by atoms with Crippen LogP contribution in [-0.2, 0) is 0 Å². The fraction of sp³-hybridized carbons (Fsp3) is 0.625. The van der Waals surface area contributed by atoms with Gasteiger partial charge in [-0.1, -0.05) is 19.8 Å². The Hall–Kier alpha value is -0.640. The predicted molar refractivity (Wildman–Crippen MR) is 50.5 cm³/mol. The van der Waals surface area contributed by atoms with Gasteiger partial charge in [-0.25, -0.2) is 9.10 Å². The molecule has 0 aromatic heterocycles. The van der Waals surface area contributed by atoms with Gasteiger partial charge in [-0.05, 0) is 18.4 Å². The van der Waals surface area contributed by atoms with E-state index in [0.717, 1.165) is 5.75 Å². The molecule has 0 saturated carbocycles. The van der Waals surface area contributed by atoms with Crippen molar-refractivity contribution in [3.8, 4) is 0 Å². The number of carbonyl (C=O) groups is 1. The van der Waals surface area contributed by atoms with Gasteiger partial charge in [-0.2, -0.15) is 5.32 Å². The molecule has 1 aliphatic heterocycles. The van der Waals surface area contributed by atoms with Crippen molar-refractivity contribution in [3.05, 3.63) is 12.4 Å². The zero-order chi connectivity index (χ0) is 8.81. The molecule has 1 heterocycles. The molecule has 0 aromatic carbocycles. The molecule has 3 nitrogen and oxygen atoms in total. The molecule has 0 spiro atoms. The summed E-state index contributed by atoms with van der Waals surface area (Å²) in [5.74, 6) is 0.999. The average Bonchev–Trinajstić information content (AvgIpc) is 2.46. The van der Waals surface area contributed by atoms with Gasteiger partial charge in [-0.15, -0.1) is 0 Å². The molecule has 1 aliphatic rings. The van der Waals surface area contributed by atoms with Gasteiger partial charge in [0.15, 0.2) is 0 Å². The van der Waals surface area contributed by atoms with Gasteiger partial charge < -0.3 is 0 Å². The van der Waals surface area contributed by atoms with Crippen molar-refractivity contribution in [3.63, 3.8) is 0 Å². The van der Waals surface area contributed by atoms with Crippen LogP contribution in [0.2, 0.25) is 0 Å². The zero-order valence-corrected chi connectivity index (χ0v) is 8.01. The van der Waals surface area contributed by atoms with Gasteiger partial charge >= 0.3 is 6.03 Å². The van der Waals surface area contributed by atoms with Crippen LogP contribution < -0.4 is 5.32 Å². The van der Waals surface area contributed by atoms with E-state index in [1.54, 1.807) is 10.5 Å². The molecule has 0 aliphatic carbocycles. The molecule has 1 rings (SSSR count). The number of rotatable bonds is 5. The van der Waals surface area contributed by atoms with E-state index in [2.05, 4.69) is 12.2 Å². The number of unbranched alkanes of at least 4 members (excludes halogenated alkanes) is 2. The summed E-state index contributed by atoms with van der Waals surface area (Å²) in [6.45, 7) is 2.17. The molecule has 4 heteroatoms. The van der Waals surface area contributed by atoms with Crippen LogP contribution in [0.25, 0.3) is 0 Å². The molecule has 67 valence electrons. The maximum atomic E-state index is 10.9. The van der Waals surface area contributed by atoms with Crippen LogP contribution in [0.3, 0.4) is 0 Å². The van der Waals surface area contributed by atoms with Crippen molar-refractivity contribution in [1.82, 2.24) is 9.62 Å². The fourth-order valence-corrected chi connectivity index (χ4v) is 1.72. The van der Waals surface area contributed by atoms with E-state index < -0.39 is 0 Å². The lowest BCUT2D eigenvalue weighted by atomic mass is 10.3. The Bertz CT molecular complexity index is 182. The summed E-state index contributed by atoms with van der Waals surface area (Å²) in [5, 5.41) is 3.60. The number of carbonyl (C=O) groups excluding carboxylic acids is 1. The van der Waals surface area contributed by atoms with Gasteiger partial charge in [0.2, 0.25) is 0 Å². The quantitative estimate of drug-likeness (QED) is 0.486. The highest BCUT2D eigenvalue weighted by atomic mass is 32.2. The zero-order valence-electron chi connectivity index (χ0n) is 7.19. The summed E-state index contributed by atoms with van der Waals surface area (Å²) < 4.78 is 1.58. The van der Waals surface area contributed by atoms with Gasteiger partial charge in [0.05, 0.1) is 6.20 Å². The van der Waals surface area contributed by atoms with E-state index in [1.807, 2.05) is 0 Å². The molecule has 0 unspecified atom stereocenters. The molecule has 0 bridgehead atoms. The number of amides is 2. The molecule has 1 radical (unpaired) electrons. The molecule has 0 N–H and O–H groups in total. The highest BCUT2D eigenvalue weighted by molar-refractivity contribution is 7.97. The number of hydrogen-bond donors (Lipinski definition) is 0. The van der Waals surface area contributed by atoms with Crippen molar-refractivity contribution in [1.29, 1.82) is 0 Å². The van der Waals surface area contributed by atoms with Crippen molar-refractivity contribution in [2.24, 2.45) is 0 Å². The maximum Gasteiger partial charge on any atom is 0.357 e. The molecule has 0 atom stereocenters. The highest BCUT2D eigenvalue weighted by Gasteiger charge is 2.15. The van der Waals surface area contributed by atoms with Crippen LogP contribution in [0, 0.1) is 0 Å². The van der Waals surface area contributed by atoms with Crippen molar-refractivity contribution in [2.75, 3.05) is 5.75 Å². The Morgan fingerprint density at radius 1 is 1.58 bits per heavy atom. The molecule has 12 heavy (non-hydrogen) atoms. The first-order valence-electron chi connectivity index (χ1n) is 4.18. The average molecular weight is 185 g/mol. The van der Waals surface area contributed by atoms with Crippen LogP contribution in [0.5, 0.6) is 0 Å². The molecular formula is C8H13N2OS. The van der Waals surface area contributed by atoms with Crippen molar-refractivity contribution >= 4 is 18.0 Å². The molecule has 2 amide bonds. The van der Waals surface area contributed by atoms with E-state index in [1.165, 1.54) is 37.4 Å². The third-order valence-corrected chi connectivity index (χ3v) is 2.58. The Labute approximate surface area is 77.3 Å². The fourth-order valence-electron chi connectivity index (χ4n) is 0.892. The van der Waals surface area contributed by atoms with Crippen molar-refractivity contribution in [2.45, 2.75) is 26.2 Å². The summed E-state index contributed by atoms with van der Waals surface area (Å²) in [7, 11) is 0. The van der Waals surface area contributed by atoms with Crippen LogP contribution in [-0.4, -0.2) is 16.1 Å². The second-order valence-electron chi connectivity index (χ2n) is 2.58. The summed E-state index contributed by atoms with van der Waals surface area (Å²) >= 11 is 1.54. The third-order valence-electron chi connectivity index (χ3n) is 1.55. The molecule has 0 aromatic rings. The first-order valence-corrected chi connectivity index (χ1v) is 5.12. The monoisotopic (exact) mass is 185 g/mol. The first-order chi connectivity index (χ1) is 5.84. The largest absolute Gasteiger partial charge is 0.357 e. The topological polar surface area (TPSA) is 34.4 Å². The molecular weight excluding hydrogens is 172 g/mol. The normalized spacial score (nSPS) is 15.4. The predicted octanol–water partition coefficient (Wildman–Crippen LogP) is 2.34. The maximum absolute atomic E-state index is 10.9. The van der Waals surface area contributed by atoms with E-state index >= 15 is 0 Å². The minimum atomic E-state index is -0.156. The van der Waals surface area contributed by atoms with Crippen LogP contribution >= 0.6 is 11.9 Å². The summed E-state index contributed by atoms with van der Waals surface area (Å²) in [5.41, 5.74) is 0. The lowest BCUT2D eigenvalue weighted by molar-refractivity contribution is 0.239. The summed E-state index contributed by atoms with van der Waals surface area (Å²) in [6.07, 6.45) is 6.86. The number of nitrogens with zero attached hydrogens (tertiary/aromatic N) is 2. The van der Waals surface area contributed by atoms with Gasteiger partial charge in [0, 0.05) is 12.0 Å². The minimum Gasteiger partial charge on any atom is -0.245 e. The van der Waals surface area contributed by atoms with Crippen LogP contribution in [0.15, 0.2) is 12.4 Å². The smallest absolute Gasteiger partial charge is 0.245 e. The first kappa shape index (κ1) is 9.45. The van der Waals surface area contributed by atoms with Crippen molar-refractivity contribution < 1.29 is 4.79 Å². The number of urea groups is 1. The Kier molecular flexibility index (Phi) is 4.00. The Morgan fingerprint density at radius 3 is 3.00 bits per heavy atom. The SMILES string of the molecule is CCCCCSN1C=C[N]C1=O. The second-order valence-corrected chi connectivity index (χ2v) is 3.64. The highest BCUT2D eigenvalue weighted by Crippen LogP contribution is 2.16. The molecule has 0 saturated heterocycles. The second kappa shape index (κ2) is 5.09. The van der Waals surface area contributed by atoms with Gasteiger partial charge in [0.25, 0.3) is 0 Å². The van der Waals surface area contributed by atoms with Gasteiger partial charge in [-0.3, -0.25) is 0 Å². The summed E-state index contributed by atoms with van der Waals surface area (Å²) in [4.78, 5) is 10.9. The van der Waals surface area contributed by atoms with Crippen LogP contribution in [0.1, 0.15) is 26.2 Å². The lowest BCUT2D eigenvalue weighted by Crippen LogP contribution is -2.17. The van der Waals surface area contributed by atoms with Crippen LogP contribution in [0.4, 0.5) is 4.79 Å². The van der Waals surface area contributed by atoms with E-state index in [-0.39, 0.29) is 6.03 Å². The molecule has 0 fully saturated rings. The minimum absolute atomic E-state index is 0.156. The third kappa shape index (κ3) is 2.77. The van der Waals surface area contributed by atoms with E-state index in [9.17, 15) is 4.79 Å². The Morgan fingerprint density at radius 2 is 2.42 bits per heavy atom. The van der Waals surface area contributed by atoms with E-state index in [0.29, 0.717) is 0 Å². The number of hydrogen-bond acceptors (Lipinski definition) is 2. The lowest BCUT2D eigenvalue weighted by Gasteiger charge is -2.09. The van der Waals surface area contributed by atoms with Gasteiger partial charge in [0.1, 0.15) is 0 Å². The van der Waals surface area contributed by atoms with E-state index in [4.69, 9.17) is 0 Å². The summed E-state index contributed by atoms with van der Waals surface area (Å²) in [6, 6.07) is -0.156. The Balaban J connectivity index is 2.06. The standard InChI is InChI=1S/C8H13N2OS/c1-2-3-4-7-12-10-6-5-9-8(10)11/h5-6H,2-4,7H2,1H3.